The lowest BCUT2D eigenvalue weighted by Gasteiger charge is -2.04. The molecule has 0 saturated carbocycles. The monoisotopic (exact) mass is 253 g/mol. The molecule has 19 heavy (non-hydrogen) atoms. The first-order valence-corrected chi connectivity index (χ1v) is 5.68. The number of nitrogens with zero attached hydrogens (tertiary/aromatic N) is 2. The Morgan fingerprint density at radius 2 is 2.11 bits per heavy atom. The van der Waals surface area contributed by atoms with Gasteiger partial charge in [0.1, 0.15) is 5.69 Å². The molecule has 0 aliphatic heterocycles. The minimum atomic E-state index is -0.275. The molecule has 0 unspecified atom stereocenters. The summed E-state index contributed by atoms with van der Waals surface area (Å²) in [5.74, 6) is -0.275. The van der Waals surface area contributed by atoms with Gasteiger partial charge < -0.3 is 11.1 Å². The number of nitrogen functional groups attached to an aromatic ring is 1. The van der Waals surface area contributed by atoms with Crippen LogP contribution in [0.4, 0.5) is 11.4 Å². The molecule has 1 amide bonds. The Balaban J connectivity index is 1.83. The molecule has 0 spiro atoms. The summed E-state index contributed by atoms with van der Waals surface area (Å²) in [5, 5.41) is 10.5. The molecule has 4 N–H and O–H groups in total. The van der Waals surface area contributed by atoms with E-state index in [2.05, 4.69) is 20.5 Å². The summed E-state index contributed by atoms with van der Waals surface area (Å²) >= 11 is 0. The molecule has 0 aliphatic rings. The number of nitrogens with two attached hydrogens (primary N) is 1. The number of pyridine rings is 1. The smallest absolute Gasteiger partial charge is 0.274 e. The summed E-state index contributed by atoms with van der Waals surface area (Å²) in [6.45, 7) is 0. The number of fused-ring (bicyclic) bond motifs is 1. The van der Waals surface area contributed by atoms with Crippen LogP contribution in [-0.2, 0) is 0 Å². The molecule has 0 aliphatic carbocycles. The van der Waals surface area contributed by atoms with E-state index < -0.39 is 0 Å². The second-order valence-corrected chi connectivity index (χ2v) is 4.10. The van der Waals surface area contributed by atoms with Gasteiger partial charge in [0.05, 0.1) is 23.6 Å². The van der Waals surface area contributed by atoms with Crippen molar-refractivity contribution in [2.45, 2.75) is 0 Å². The molecule has 94 valence electrons. The lowest BCUT2D eigenvalue weighted by atomic mass is 10.2. The first-order chi connectivity index (χ1) is 9.22. The normalized spacial score (nSPS) is 10.5. The molecule has 3 aromatic rings. The maximum absolute atomic E-state index is 12.0. The van der Waals surface area contributed by atoms with Crippen LogP contribution in [0.1, 0.15) is 10.5 Å². The quantitative estimate of drug-likeness (QED) is 0.648. The first-order valence-electron chi connectivity index (χ1n) is 5.68. The number of carbonyl (C=O) groups excluding carboxylic acids is 1. The predicted octanol–water partition coefficient (Wildman–Crippen LogP) is 1.79. The van der Waals surface area contributed by atoms with Gasteiger partial charge in [0.25, 0.3) is 5.91 Å². The average Bonchev–Trinajstić information content (AvgIpc) is 2.87. The van der Waals surface area contributed by atoms with Crippen molar-refractivity contribution in [3.63, 3.8) is 0 Å². The summed E-state index contributed by atoms with van der Waals surface area (Å²) in [6.07, 6.45) is 3.15. The molecular formula is C13H11N5O. The lowest BCUT2D eigenvalue weighted by molar-refractivity contribution is 0.102. The number of aromatic amines is 1. The molecule has 0 radical (unpaired) electrons. The lowest BCUT2D eigenvalue weighted by Crippen LogP contribution is -2.13. The van der Waals surface area contributed by atoms with Gasteiger partial charge in [-0.15, -0.1) is 0 Å². The number of carbonyl (C=O) groups is 1. The Morgan fingerprint density at radius 1 is 1.21 bits per heavy atom. The number of H-pyrrole nitrogens is 1. The Bertz CT molecular complexity index is 732. The van der Waals surface area contributed by atoms with Crippen LogP contribution in [0.3, 0.4) is 0 Å². The van der Waals surface area contributed by atoms with Crippen LogP contribution in [0.15, 0.2) is 42.7 Å². The number of aromatic nitrogens is 3. The second kappa shape index (κ2) is 4.41. The number of hydrogen-bond donors (Lipinski definition) is 3. The molecule has 1 aromatic carbocycles. The summed E-state index contributed by atoms with van der Waals surface area (Å²) in [4.78, 5) is 15.9. The molecule has 6 nitrogen and oxygen atoms in total. The summed E-state index contributed by atoms with van der Waals surface area (Å²) < 4.78 is 0. The highest BCUT2D eigenvalue weighted by Crippen LogP contribution is 2.17. The largest absolute Gasteiger partial charge is 0.397 e. The van der Waals surface area contributed by atoms with E-state index in [1.807, 2.05) is 12.1 Å². The fourth-order valence-electron chi connectivity index (χ4n) is 1.76. The minimum Gasteiger partial charge on any atom is -0.397 e. The third-order valence-electron chi connectivity index (χ3n) is 2.72. The topological polar surface area (TPSA) is 96.7 Å². The number of hydrogen-bond acceptors (Lipinski definition) is 4. The fraction of sp³-hybridized carbons (Fsp3) is 0. The fourth-order valence-corrected chi connectivity index (χ4v) is 1.76. The highest BCUT2D eigenvalue weighted by molar-refractivity contribution is 6.03. The zero-order valence-corrected chi connectivity index (χ0v) is 9.92. The average molecular weight is 253 g/mol. The van der Waals surface area contributed by atoms with Crippen LogP contribution in [0.25, 0.3) is 10.9 Å². The maximum Gasteiger partial charge on any atom is 0.274 e. The molecule has 0 fully saturated rings. The zero-order valence-electron chi connectivity index (χ0n) is 9.92. The standard InChI is InChI=1S/C13H11N5O/c14-9-1-3-12(15-7-9)13(19)17-10-2-4-11-8(5-10)6-16-18-11/h1-7H,14H2,(H,16,18)(H,17,19). The molecule has 0 atom stereocenters. The van der Waals surface area contributed by atoms with Crippen molar-refractivity contribution in [3.05, 3.63) is 48.4 Å². The second-order valence-electron chi connectivity index (χ2n) is 4.10. The molecule has 2 heterocycles. The summed E-state index contributed by atoms with van der Waals surface area (Å²) in [5.41, 5.74) is 7.98. The Hall–Kier alpha value is -2.89. The van der Waals surface area contributed by atoms with E-state index in [4.69, 9.17) is 5.73 Å². The summed E-state index contributed by atoms with van der Waals surface area (Å²) in [7, 11) is 0. The number of anilines is 2. The third-order valence-corrected chi connectivity index (χ3v) is 2.72. The van der Waals surface area contributed by atoms with Gasteiger partial charge in [-0.05, 0) is 30.3 Å². The van der Waals surface area contributed by atoms with Crippen molar-refractivity contribution in [1.82, 2.24) is 15.2 Å². The maximum atomic E-state index is 12.0. The van der Waals surface area contributed by atoms with Crippen molar-refractivity contribution in [2.24, 2.45) is 0 Å². The van der Waals surface area contributed by atoms with Gasteiger partial charge in [-0.1, -0.05) is 0 Å². The van der Waals surface area contributed by atoms with Crippen LogP contribution in [-0.4, -0.2) is 21.1 Å². The molecule has 0 saturated heterocycles. The van der Waals surface area contributed by atoms with Gasteiger partial charge >= 0.3 is 0 Å². The minimum absolute atomic E-state index is 0.275. The Morgan fingerprint density at radius 3 is 2.89 bits per heavy atom. The highest BCUT2D eigenvalue weighted by Gasteiger charge is 2.07. The highest BCUT2D eigenvalue weighted by atomic mass is 16.1. The van der Waals surface area contributed by atoms with Crippen molar-refractivity contribution in [3.8, 4) is 0 Å². The van der Waals surface area contributed by atoms with E-state index in [-0.39, 0.29) is 5.91 Å². The van der Waals surface area contributed by atoms with Crippen LogP contribution >= 0.6 is 0 Å². The summed E-state index contributed by atoms with van der Waals surface area (Å²) in [6, 6.07) is 8.72. The molecular weight excluding hydrogens is 242 g/mol. The van der Waals surface area contributed by atoms with Crippen molar-refractivity contribution in [1.29, 1.82) is 0 Å². The predicted molar refractivity (Wildman–Crippen MR) is 72.7 cm³/mol. The molecule has 0 bridgehead atoms. The molecule has 6 heteroatoms. The Kier molecular flexibility index (Phi) is 2.60. The van der Waals surface area contributed by atoms with Crippen molar-refractivity contribution in [2.75, 3.05) is 11.1 Å². The zero-order chi connectivity index (χ0) is 13.2. The van der Waals surface area contributed by atoms with Gasteiger partial charge in [-0.2, -0.15) is 5.10 Å². The van der Waals surface area contributed by atoms with Crippen molar-refractivity contribution < 1.29 is 4.79 Å². The molecule has 3 rings (SSSR count). The van der Waals surface area contributed by atoms with Gasteiger partial charge in [0.15, 0.2) is 0 Å². The van der Waals surface area contributed by atoms with E-state index in [9.17, 15) is 4.79 Å². The van der Waals surface area contributed by atoms with E-state index in [1.165, 1.54) is 6.20 Å². The number of nitrogens with one attached hydrogen (secondary N) is 2. The molecule has 2 aromatic heterocycles. The van der Waals surface area contributed by atoms with Gasteiger partial charge in [-0.25, -0.2) is 4.98 Å². The number of rotatable bonds is 2. The van der Waals surface area contributed by atoms with E-state index in [0.29, 0.717) is 17.1 Å². The number of amides is 1. The van der Waals surface area contributed by atoms with Crippen LogP contribution < -0.4 is 11.1 Å². The van der Waals surface area contributed by atoms with Crippen LogP contribution in [0, 0.1) is 0 Å². The van der Waals surface area contributed by atoms with Gasteiger partial charge in [0.2, 0.25) is 0 Å². The van der Waals surface area contributed by atoms with E-state index in [1.54, 1.807) is 24.4 Å². The SMILES string of the molecule is Nc1ccc(C(=O)Nc2ccc3[nH]ncc3c2)nc1. The van der Waals surface area contributed by atoms with Gasteiger partial charge in [-0.3, -0.25) is 9.89 Å². The third kappa shape index (κ3) is 2.23. The van der Waals surface area contributed by atoms with E-state index in [0.717, 1.165) is 10.9 Å². The van der Waals surface area contributed by atoms with Crippen LogP contribution in [0.2, 0.25) is 0 Å². The van der Waals surface area contributed by atoms with Gasteiger partial charge in [0, 0.05) is 11.1 Å². The van der Waals surface area contributed by atoms with E-state index >= 15 is 0 Å². The number of benzene rings is 1. The first kappa shape index (κ1) is 11.2. The van der Waals surface area contributed by atoms with Crippen LogP contribution in [0.5, 0.6) is 0 Å². The van der Waals surface area contributed by atoms with Crippen molar-refractivity contribution >= 4 is 28.2 Å². The Labute approximate surface area is 108 Å².